The van der Waals surface area contributed by atoms with Crippen molar-refractivity contribution >= 4 is 28.6 Å². The van der Waals surface area contributed by atoms with Gasteiger partial charge in [0.1, 0.15) is 10.7 Å². The summed E-state index contributed by atoms with van der Waals surface area (Å²) in [4.78, 5) is 20.6. The van der Waals surface area contributed by atoms with Gasteiger partial charge in [-0.05, 0) is 30.0 Å². The van der Waals surface area contributed by atoms with E-state index in [1.54, 1.807) is 22.7 Å². The second kappa shape index (κ2) is 5.94. The number of thiophene rings is 1. The molecule has 23 heavy (non-hydrogen) atoms. The predicted molar refractivity (Wildman–Crippen MR) is 93.9 cm³/mol. The van der Waals surface area contributed by atoms with Gasteiger partial charge in [-0.3, -0.25) is 4.79 Å². The third-order valence-corrected chi connectivity index (χ3v) is 6.15. The van der Waals surface area contributed by atoms with Crippen molar-refractivity contribution in [1.82, 2.24) is 14.5 Å². The van der Waals surface area contributed by atoms with Gasteiger partial charge in [-0.2, -0.15) is 0 Å². The van der Waals surface area contributed by atoms with Crippen molar-refractivity contribution in [3.05, 3.63) is 52.6 Å². The molecule has 0 N–H and O–H groups in total. The van der Waals surface area contributed by atoms with Gasteiger partial charge < -0.3 is 9.47 Å². The molecule has 0 aromatic carbocycles. The zero-order valence-corrected chi connectivity index (χ0v) is 14.4. The van der Waals surface area contributed by atoms with E-state index in [0.29, 0.717) is 5.69 Å². The highest BCUT2D eigenvalue weighted by Gasteiger charge is 2.31. The quantitative estimate of drug-likeness (QED) is 0.712. The van der Waals surface area contributed by atoms with Crippen LogP contribution in [0.1, 0.15) is 35.6 Å². The first-order valence-electron chi connectivity index (χ1n) is 7.73. The number of amides is 1. The summed E-state index contributed by atoms with van der Waals surface area (Å²) < 4.78 is 2.25. The maximum atomic E-state index is 12.9. The number of carbonyl (C=O) groups excluding carboxylic acids is 1. The molecule has 3 aromatic heterocycles. The molecule has 4 heterocycles. The van der Waals surface area contributed by atoms with E-state index < -0.39 is 0 Å². The number of fused-ring (bicyclic) bond motifs is 1. The minimum Gasteiger partial charge on any atom is -0.348 e. The zero-order valence-electron chi connectivity index (χ0n) is 12.8. The molecule has 118 valence electrons. The van der Waals surface area contributed by atoms with Gasteiger partial charge in [-0.15, -0.1) is 22.7 Å². The second-order valence-corrected chi connectivity index (χ2v) is 7.37. The predicted octanol–water partition coefficient (Wildman–Crippen LogP) is 4.28. The molecular weight excluding hydrogens is 326 g/mol. The Balaban J connectivity index is 1.62. The lowest BCUT2D eigenvalue weighted by molar-refractivity contribution is 0.0612. The molecule has 0 unspecified atom stereocenters. The molecule has 0 saturated heterocycles. The molecular formula is C17H17N3OS2. The first-order chi connectivity index (χ1) is 11.3. The molecule has 1 aliphatic heterocycles. The number of rotatable bonds is 3. The molecule has 0 aliphatic carbocycles. The normalized spacial score (nSPS) is 17.3. The van der Waals surface area contributed by atoms with Crippen molar-refractivity contribution in [1.29, 1.82) is 0 Å². The van der Waals surface area contributed by atoms with E-state index in [9.17, 15) is 4.79 Å². The fourth-order valence-electron chi connectivity index (χ4n) is 3.17. The third kappa shape index (κ3) is 2.52. The first kappa shape index (κ1) is 14.7. The standard InChI is InChI=1S/C17H17N3OS2/c1-2-13-14-5-3-7-19(14)8-9-20(13)17(21)12-11-23-16(18-12)15-6-4-10-22-15/h3-7,10-11,13H,2,8-9H2,1H3/t13-/m0/s1. The Labute approximate surface area is 143 Å². The van der Waals surface area contributed by atoms with Crippen LogP contribution in [-0.4, -0.2) is 26.9 Å². The molecule has 1 aliphatic rings. The smallest absolute Gasteiger partial charge is 0.273 e. The highest BCUT2D eigenvalue weighted by Crippen LogP contribution is 2.32. The number of carbonyl (C=O) groups is 1. The number of hydrogen-bond acceptors (Lipinski definition) is 4. The van der Waals surface area contributed by atoms with Crippen LogP contribution in [0.25, 0.3) is 9.88 Å². The minimum atomic E-state index is 0.0448. The average molecular weight is 343 g/mol. The fourth-order valence-corrected chi connectivity index (χ4v) is 4.78. The highest BCUT2D eigenvalue weighted by atomic mass is 32.1. The summed E-state index contributed by atoms with van der Waals surface area (Å²) in [6.45, 7) is 3.73. The average Bonchev–Trinajstić information content (AvgIpc) is 3.32. The van der Waals surface area contributed by atoms with Crippen molar-refractivity contribution in [3.8, 4) is 9.88 Å². The molecule has 0 bridgehead atoms. The van der Waals surface area contributed by atoms with E-state index in [1.165, 1.54) is 5.69 Å². The summed E-state index contributed by atoms with van der Waals surface area (Å²) in [7, 11) is 0. The summed E-state index contributed by atoms with van der Waals surface area (Å²) >= 11 is 3.20. The molecule has 4 rings (SSSR count). The number of nitrogens with zero attached hydrogens (tertiary/aromatic N) is 3. The van der Waals surface area contributed by atoms with Gasteiger partial charge in [0.15, 0.2) is 0 Å². The van der Waals surface area contributed by atoms with Crippen LogP contribution >= 0.6 is 22.7 Å². The van der Waals surface area contributed by atoms with Gasteiger partial charge >= 0.3 is 0 Å². The van der Waals surface area contributed by atoms with Crippen LogP contribution in [0.4, 0.5) is 0 Å². The Hall–Kier alpha value is -1.92. The van der Waals surface area contributed by atoms with E-state index >= 15 is 0 Å². The van der Waals surface area contributed by atoms with Crippen molar-refractivity contribution < 1.29 is 4.79 Å². The van der Waals surface area contributed by atoms with Crippen molar-refractivity contribution in [3.63, 3.8) is 0 Å². The Morgan fingerprint density at radius 1 is 1.30 bits per heavy atom. The maximum absolute atomic E-state index is 12.9. The SMILES string of the molecule is CC[C@H]1c2cccn2CCN1C(=O)c1csc(-c2cccs2)n1. The Morgan fingerprint density at radius 2 is 2.22 bits per heavy atom. The monoisotopic (exact) mass is 343 g/mol. The van der Waals surface area contributed by atoms with Crippen LogP contribution in [-0.2, 0) is 6.54 Å². The summed E-state index contributed by atoms with van der Waals surface area (Å²) in [5.41, 5.74) is 1.79. The molecule has 0 saturated carbocycles. The van der Waals surface area contributed by atoms with E-state index in [1.807, 2.05) is 27.8 Å². The second-order valence-electron chi connectivity index (χ2n) is 5.56. The van der Waals surface area contributed by atoms with E-state index in [0.717, 1.165) is 29.4 Å². The van der Waals surface area contributed by atoms with Crippen LogP contribution in [0.5, 0.6) is 0 Å². The van der Waals surface area contributed by atoms with Gasteiger partial charge in [-0.25, -0.2) is 4.98 Å². The third-order valence-electron chi connectivity index (χ3n) is 4.27. The first-order valence-corrected chi connectivity index (χ1v) is 9.49. The fraction of sp³-hybridized carbons (Fsp3) is 0.294. The number of thiazole rings is 1. The lowest BCUT2D eigenvalue weighted by Crippen LogP contribution is -2.41. The molecule has 3 aromatic rings. The number of aromatic nitrogens is 2. The molecule has 1 amide bonds. The van der Waals surface area contributed by atoms with Crippen molar-refractivity contribution in [2.24, 2.45) is 0 Å². The molecule has 0 radical (unpaired) electrons. The van der Waals surface area contributed by atoms with Gasteiger partial charge in [-0.1, -0.05) is 13.0 Å². The molecule has 0 spiro atoms. The van der Waals surface area contributed by atoms with Gasteiger partial charge in [0, 0.05) is 30.4 Å². The Morgan fingerprint density at radius 3 is 3.00 bits per heavy atom. The van der Waals surface area contributed by atoms with Crippen LogP contribution in [0.15, 0.2) is 41.2 Å². The van der Waals surface area contributed by atoms with E-state index in [-0.39, 0.29) is 11.9 Å². The minimum absolute atomic E-state index is 0.0448. The Bertz CT molecular complexity index is 819. The zero-order chi connectivity index (χ0) is 15.8. The summed E-state index contributed by atoms with van der Waals surface area (Å²) in [5.74, 6) is 0.0448. The van der Waals surface area contributed by atoms with Gasteiger partial charge in [0.05, 0.1) is 10.9 Å². The summed E-state index contributed by atoms with van der Waals surface area (Å²) in [6, 6.07) is 8.36. The largest absolute Gasteiger partial charge is 0.348 e. The maximum Gasteiger partial charge on any atom is 0.273 e. The van der Waals surface area contributed by atoms with Crippen LogP contribution in [0, 0.1) is 0 Å². The molecule has 6 heteroatoms. The topological polar surface area (TPSA) is 38.1 Å². The lowest BCUT2D eigenvalue weighted by atomic mass is 10.1. The van der Waals surface area contributed by atoms with Gasteiger partial charge in [0.2, 0.25) is 0 Å². The van der Waals surface area contributed by atoms with Crippen LogP contribution in [0.2, 0.25) is 0 Å². The summed E-state index contributed by atoms with van der Waals surface area (Å²) in [6.07, 6.45) is 3.01. The summed E-state index contributed by atoms with van der Waals surface area (Å²) in [5, 5.41) is 4.85. The number of hydrogen-bond donors (Lipinski definition) is 0. The van der Waals surface area contributed by atoms with E-state index in [4.69, 9.17) is 0 Å². The molecule has 1 atom stereocenters. The molecule has 0 fully saturated rings. The highest BCUT2D eigenvalue weighted by molar-refractivity contribution is 7.20. The van der Waals surface area contributed by atoms with Crippen molar-refractivity contribution in [2.75, 3.05) is 6.54 Å². The van der Waals surface area contributed by atoms with Crippen LogP contribution in [0.3, 0.4) is 0 Å². The van der Waals surface area contributed by atoms with Crippen molar-refractivity contribution in [2.45, 2.75) is 25.9 Å². The van der Waals surface area contributed by atoms with E-state index in [2.05, 4.69) is 34.8 Å². The van der Waals surface area contributed by atoms with Crippen LogP contribution < -0.4 is 0 Å². The molecule has 4 nitrogen and oxygen atoms in total. The lowest BCUT2D eigenvalue weighted by Gasteiger charge is -2.36. The van der Waals surface area contributed by atoms with Gasteiger partial charge in [0.25, 0.3) is 5.91 Å². The Kier molecular flexibility index (Phi) is 3.79.